The van der Waals surface area contributed by atoms with E-state index < -0.39 is 0 Å². The zero-order valence-corrected chi connectivity index (χ0v) is 30.6. The standard InChI is InChI=1S/C54H35NO/c1-2-11-36(12-3-1)39-14-10-15-45(34-39)55(44-29-23-38(24-30-44)51-35-41-13-4-5-16-46(41)48-17-6-7-18-49(48)51)43-27-21-37(22-28-43)40-25-31-47-42(33-40)26-32-53-54(47)50-19-8-9-20-52(50)56-53/h1-35H. The van der Waals surface area contributed by atoms with Gasteiger partial charge in [-0.25, -0.2) is 0 Å². The summed E-state index contributed by atoms with van der Waals surface area (Å²) in [6, 6.07) is 76.5. The number of hydrogen-bond donors (Lipinski definition) is 0. The minimum absolute atomic E-state index is 0.922. The number of para-hydroxylation sites is 1. The lowest BCUT2D eigenvalue weighted by atomic mass is 9.93. The molecule has 2 heteroatoms. The molecule has 0 saturated heterocycles. The Morgan fingerprint density at radius 1 is 0.286 bits per heavy atom. The van der Waals surface area contributed by atoms with E-state index in [1.807, 2.05) is 12.1 Å². The largest absolute Gasteiger partial charge is 0.456 e. The Hall–Kier alpha value is -7.42. The smallest absolute Gasteiger partial charge is 0.136 e. The molecule has 1 aromatic heterocycles. The maximum absolute atomic E-state index is 6.17. The van der Waals surface area contributed by atoms with E-state index in [1.54, 1.807) is 0 Å². The van der Waals surface area contributed by atoms with Crippen LogP contribution in [0.5, 0.6) is 0 Å². The summed E-state index contributed by atoms with van der Waals surface area (Å²) < 4.78 is 6.17. The molecule has 0 atom stereocenters. The van der Waals surface area contributed by atoms with Gasteiger partial charge in [0.05, 0.1) is 0 Å². The number of anilines is 3. The molecule has 56 heavy (non-hydrogen) atoms. The van der Waals surface area contributed by atoms with E-state index in [0.29, 0.717) is 0 Å². The van der Waals surface area contributed by atoms with Crippen molar-refractivity contribution in [3.05, 3.63) is 212 Å². The van der Waals surface area contributed by atoms with Gasteiger partial charge in [0.25, 0.3) is 0 Å². The highest BCUT2D eigenvalue weighted by Crippen LogP contribution is 2.41. The zero-order chi connectivity index (χ0) is 37.0. The second kappa shape index (κ2) is 13.2. The third kappa shape index (κ3) is 5.42. The quantitative estimate of drug-likeness (QED) is 0.160. The average Bonchev–Trinajstić information content (AvgIpc) is 3.66. The van der Waals surface area contributed by atoms with Gasteiger partial charge in [-0.3, -0.25) is 0 Å². The van der Waals surface area contributed by atoms with Crippen molar-refractivity contribution in [1.29, 1.82) is 0 Å². The lowest BCUT2D eigenvalue weighted by Gasteiger charge is -2.26. The van der Waals surface area contributed by atoms with Gasteiger partial charge < -0.3 is 9.32 Å². The number of rotatable bonds is 6. The lowest BCUT2D eigenvalue weighted by Crippen LogP contribution is -2.10. The van der Waals surface area contributed by atoms with E-state index >= 15 is 0 Å². The van der Waals surface area contributed by atoms with E-state index in [9.17, 15) is 0 Å². The van der Waals surface area contributed by atoms with Crippen LogP contribution in [0.1, 0.15) is 0 Å². The fourth-order valence-corrected chi connectivity index (χ4v) is 8.52. The van der Waals surface area contributed by atoms with Gasteiger partial charge in [0.1, 0.15) is 11.2 Å². The van der Waals surface area contributed by atoms with E-state index in [2.05, 4.69) is 205 Å². The normalized spacial score (nSPS) is 11.6. The van der Waals surface area contributed by atoms with Crippen LogP contribution in [0.25, 0.3) is 87.6 Å². The van der Waals surface area contributed by atoms with Crippen LogP contribution in [-0.4, -0.2) is 0 Å². The molecule has 0 aliphatic carbocycles. The van der Waals surface area contributed by atoms with Gasteiger partial charge in [-0.2, -0.15) is 0 Å². The van der Waals surface area contributed by atoms with Crippen LogP contribution in [0.2, 0.25) is 0 Å². The van der Waals surface area contributed by atoms with Gasteiger partial charge in [0.2, 0.25) is 0 Å². The van der Waals surface area contributed by atoms with E-state index in [-0.39, 0.29) is 0 Å². The average molecular weight is 714 g/mol. The molecule has 262 valence electrons. The third-order valence-corrected chi connectivity index (χ3v) is 11.2. The molecule has 11 rings (SSSR count). The first-order chi connectivity index (χ1) is 27.7. The van der Waals surface area contributed by atoms with Crippen LogP contribution in [0.3, 0.4) is 0 Å². The molecule has 2 nitrogen and oxygen atoms in total. The van der Waals surface area contributed by atoms with Crippen LogP contribution >= 0.6 is 0 Å². The van der Waals surface area contributed by atoms with Gasteiger partial charge in [-0.1, -0.05) is 152 Å². The summed E-state index contributed by atoms with van der Waals surface area (Å²) >= 11 is 0. The highest BCUT2D eigenvalue weighted by molar-refractivity contribution is 6.19. The molecule has 0 bridgehead atoms. The molecule has 0 unspecified atom stereocenters. The summed E-state index contributed by atoms with van der Waals surface area (Å²) in [5.41, 5.74) is 12.3. The zero-order valence-electron chi connectivity index (χ0n) is 30.6. The van der Waals surface area contributed by atoms with E-state index in [1.165, 1.54) is 71.1 Å². The summed E-state index contributed by atoms with van der Waals surface area (Å²) in [6.07, 6.45) is 0. The maximum atomic E-state index is 6.17. The van der Waals surface area contributed by atoms with Gasteiger partial charge in [0.15, 0.2) is 0 Å². The maximum Gasteiger partial charge on any atom is 0.136 e. The molecular weight excluding hydrogens is 679 g/mol. The number of nitrogens with zero attached hydrogens (tertiary/aromatic N) is 1. The molecule has 0 aliphatic heterocycles. The molecule has 0 amide bonds. The Balaban J connectivity index is 0.998. The van der Waals surface area contributed by atoms with Gasteiger partial charge >= 0.3 is 0 Å². The second-order valence-corrected chi connectivity index (χ2v) is 14.5. The summed E-state index contributed by atoms with van der Waals surface area (Å²) in [6.45, 7) is 0. The number of hydrogen-bond acceptors (Lipinski definition) is 2. The van der Waals surface area contributed by atoms with Crippen LogP contribution in [-0.2, 0) is 0 Å². The van der Waals surface area contributed by atoms with Gasteiger partial charge in [-0.15, -0.1) is 0 Å². The Morgan fingerprint density at radius 3 is 1.68 bits per heavy atom. The third-order valence-electron chi connectivity index (χ3n) is 11.2. The first kappa shape index (κ1) is 32.0. The van der Waals surface area contributed by atoms with Crippen molar-refractivity contribution in [3.8, 4) is 33.4 Å². The fraction of sp³-hybridized carbons (Fsp3) is 0. The molecule has 0 fully saturated rings. The van der Waals surface area contributed by atoms with Crippen LogP contribution < -0.4 is 4.90 Å². The molecule has 0 saturated carbocycles. The van der Waals surface area contributed by atoms with Crippen LogP contribution in [0.15, 0.2) is 217 Å². The summed E-state index contributed by atoms with van der Waals surface area (Å²) in [5, 5.41) is 9.80. The van der Waals surface area contributed by atoms with Crippen molar-refractivity contribution in [2.45, 2.75) is 0 Å². The topological polar surface area (TPSA) is 16.4 Å². The fourth-order valence-electron chi connectivity index (χ4n) is 8.52. The molecule has 0 N–H and O–H groups in total. The Kier molecular flexibility index (Phi) is 7.53. The monoisotopic (exact) mass is 713 g/mol. The minimum Gasteiger partial charge on any atom is -0.456 e. The van der Waals surface area contributed by atoms with E-state index in [0.717, 1.165) is 33.6 Å². The highest BCUT2D eigenvalue weighted by Gasteiger charge is 2.16. The van der Waals surface area contributed by atoms with Crippen LogP contribution in [0, 0.1) is 0 Å². The molecule has 0 spiro atoms. The van der Waals surface area contributed by atoms with Crippen molar-refractivity contribution in [2.24, 2.45) is 0 Å². The second-order valence-electron chi connectivity index (χ2n) is 14.5. The Labute approximate surface area is 325 Å². The molecule has 0 aliphatic rings. The number of furan rings is 1. The van der Waals surface area contributed by atoms with Crippen LogP contribution in [0.4, 0.5) is 17.1 Å². The van der Waals surface area contributed by atoms with Crippen molar-refractivity contribution in [1.82, 2.24) is 0 Å². The summed E-state index contributed by atoms with van der Waals surface area (Å²) in [5.74, 6) is 0. The summed E-state index contributed by atoms with van der Waals surface area (Å²) in [7, 11) is 0. The Morgan fingerprint density at radius 2 is 0.875 bits per heavy atom. The van der Waals surface area contributed by atoms with Crippen molar-refractivity contribution in [3.63, 3.8) is 0 Å². The molecule has 11 aromatic rings. The summed E-state index contributed by atoms with van der Waals surface area (Å²) in [4.78, 5) is 2.36. The first-order valence-corrected chi connectivity index (χ1v) is 19.2. The highest BCUT2D eigenvalue weighted by atomic mass is 16.3. The van der Waals surface area contributed by atoms with Gasteiger partial charge in [0, 0.05) is 27.8 Å². The SMILES string of the molecule is c1ccc(-c2cccc(N(c3ccc(-c4ccc5c(ccc6oc7ccccc7c65)c4)cc3)c3ccc(-c4cc5ccccc5c5ccccc45)cc3)c2)cc1. The predicted octanol–water partition coefficient (Wildman–Crippen LogP) is 15.5. The molecule has 0 radical (unpaired) electrons. The van der Waals surface area contributed by atoms with Crippen molar-refractivity contribution < 1.29 is 4.42 Å². The Bertz CT molecular complexity index is 3230. The number of fused-ring (bicyclic) bond motifs is 8. The van der Waals surface area contributed by atoms with Crippen molar-refractivity contribution >= 4 is 71.3 Å². The molecule has 10 aromatic carbocycles. The van der Waals surface area contributed by atoms with Crippen molar-refractivity contribution in [2.75, 3.05) is 4.90 Å². The van der Waals surface area contributed by atoms with Gasteiger partial charge in [-0.05, 0) is 126 Å². The first-order valence-electron chi connectivity index (χ1n) is 19.2. The van der Waals surface area contributed by atoms with E-state index in [4.69, 9.17) is 4.42 Å². The molecular formula is C54H35NO. The lowest BCUT2D eigenvalue weighted by molar-refractivity contribution is 0.669. The predicted molar refractivity (Wildman–Crippen MR) is 237 cm³/mol. The minimum atomic E-state index is 0.922. The number of benzene rings is 10. The molecule has 1 heterocycles.